The molecule has 0 radical (unpaired) electrons. The number of unbranched alkanes of at least 4 members (excludes halogenated alkanes) is 2. The number of nitrogens with zero attached hydrogens (tertiary/aromatic N) is 3. The Hall–Kier alpha value is -10.8. The van der Waals surface area contributed by atoms with Gasteiger partial charge in [0.1, 0.15) is 60.9 Å². The number of aliphatic imine (C=N–C) groups is 3. The number of thioether (sulfide) groups is 1. The molecule has 109 heavy (non-hydrogen) atoms. The SMILES string of the molecule is CSCC[C@H](NC(=O)[C@H](Cc1c[nH]c2ccccc12)NC(=O)[C@H](CCCN=C(N)N)NC(=O)[C@H](CCC(N)=O)NC(=O)[C@H](Cc1c[nH]c2ccccc12)NC(=O)[C@H](CCCN=C(N)N)NC(=O)[C@@H](N)CCCN=C(N)N)C(=O)N[C@@H](CCCCN)C(=O)N[C@@H](CCCCN)C(=O)N[C@@H](CC(C)C)C(=O)NCC(=O)O. The van der Waals surface area contributed by atoms with Crippen LogP contribution >= 0.6 is 11.8 Å². The van der Waals surface area contributed by atoms with Crippen LogP contribution in [0.2, 0.25) is 0 Å². The lowest BCUT2D eigenvalue weighted by Crippen LogP contribution is -2.61. The number of carboxylic acid groups (broad SMARTS) is 1. The van der Waals surface area contributed by atoms with Crippen LogP contribution in [0.25, 0.3) is 21.8 Å². The van der Waals surface area contributed by atoms with E-state index in [0.29, 0.717) is 65.0 Å². The summed E-state index contributed by atoms with van der Waals surface area (Å²) in [5.74, 6) is -11.2. The standard InChI is InChI=1S/C70H113N25O13S/c1-39(2)33-53(59(100)86-38-57(97)98)93-61(102)48(21-9-11-28-72)88-60(101)47(20-8-10-27-71)89-65(106)52(26-32-109-3)92-67(108)55(35-41-37-85-46-19-7-5-16-43(41)46)95-63(104)50(23-14-31-83-70(79)80)90-64(105)51(24-25-56(74)96)91-66(107)54(34-40-36-84-45-18-6-4-15-42(40)45)94-62(103)49(22-13-30-82-69(77)78)87-58(99)44(73)17-12-29-81-68(75)76/h4-7,15-16,18-19,36-37,39,44,47-55,84-85H,8-14,17,20-35,38,71-73H2,1-3H3,(H2,74,96)(H,86,100)(H,87,99)(H,88,101)(H,89,106)(H,90,105)(H,91,107)(H,92,108)(H,93,102)(H,94,103)(H,95,104)(H,97,98)(H4,75,76,81)(H4,77,78,82)(H4,79,80,83)/t44-,47-,48-,49-,50-,51-,52-,53-,54-,55-/m0/s1. The number of rotatable bonds is 53. The van der Waals surface area contributed by atoms with Crippen molar-refractivity contribution in [3.63, 3.8) is 0 Å². The second-order valence-corrected chi connectivity index (χ2v) is 27.7. The highest BCUT2D eigenvalue weighted by Gasteiger charge is 2.37. The third-order valence-electron chi connectivity index (χ3n) is 17.4. The van der Waals surface area contributed by atoms with Gasteiger partial charge in [0.2, 0.25) is 65.0 Å². The van der Waals surface area contributed by atoms with Gasteiger partial charge in [0, 0.05) is 73.1 Å². The van der Waals surface area contributed by atoms with Gasteiger partial charge in [-0.3, -0.25) is 72.5 Å². The molecule has 11 amide bonds. The van der Waals surface area contributed by atoms with Gasteiger partial charge in [-0.15, -0.1) is 0 Å². The number of hydrogen-bond acceptors (Lipinski definition) is 19. The molecule has 2 aromatic heterocycles. The number of aliphatic carboxylic acids is 1. The normalized spacial score (nSPS) is 13.9. The lowest BCUT2D eigenvalue weighted by molar-refractivity contribution is -0.138. The number of carbonyl (C=O) groups is 12. The largest absolute Gasteiger partial charge is 0.480 e. The maximum Gasteiger partial charge on any atom is 0.322 e. The quantitative estimate of drug-likeness (QED) is 0.0113. The summed E-state index contributed by atoms with van der Waals surface area (Å²) >= 11 is 1.34. The van der Waals surface area contributed by atoms with Gasteiger partial charge >= 0.3 is 5.97 Å². The molecule has 33 N–H and O–H groups in total. The van der Waals surface area contributed by atoms with Crippen LogP contribution in [0, 0.1) is 5.92 Å². The van der Waals surface area contributed by atoms with Gasteiger partial charge < -0.3 is 126 Å². The molecule has 2 aromatic carbocycles. The molecular weight excluding hydrogens is 1430 g/mol. The molecule has 2 heterocycles. The first-order valence-electron chi connectivity index (χ1n) is 36.4. The molecule has 0 saturated heterocycles. The topological polar surface area (TPSA) is 674 Å². The number of amides is 11. The van der Waals surface area contributed by atoms with Crippen molar-refractivity contribution in [3.05, 3.63) is 72.1 Å². The number of primary amides is 1. The van der Waals surface area contributed by atoms with Crippen molar-refractivity contribution in [2.45, 2.75) is 190 Å². The van der Waals surface area contributed by atoms with E-state index < -0.39 is 151 Å². The first-order valence-corrected chi connectivity index (χ1v) is 37.8. The van der Waals surface area contributed by atoms with Crippen LogP contribution in [-0.2, 0) is 70.4 Å². The molecule has 0 aliphatic rings. The fraction of sp³-hybridized carbons (Fsp3) is 0.557. The number of carboxylic acids is 1. The van der Waals surface area contributed by atoms with Crippen molar-refractivity contribution in [2.24, 2.45) is 78.2 Å². The van der Waals surface area contributed by atoms with Crippen molar-refractivity contribution < 1.29 is 62.6 Å². The Kier molecular flexibility index (Phi) is 40.3. The van der Waals surface area contributed by atoms with E-state index in [9.17, 15) is 43.5 Å². The lowest BCUT2D eigenvalue weighted by atomic mass is 10.0. The Labute approximate surface area is 636 Å². The van der Waals surface area contributed by atoms with E-state index in [1.807, 2.05) is 0 Å². The number of nitrogens with two attached hydrogens (primary N) is 10. The fourth-order valence-corrected chi connectivity index (χ4v) is 12.2. The van der Waals surface area contributed by atoms with E-state index in [4.69, 9.17) is 57.3 Å². The highest BCUT2D eigenvalue weighted by atomic mass is 32.2. The number of guanidine groups is 3. The first-order chi connectivity index (χ1) is 51.9. The summed E-state index contributed by atoms with van der Waals surface area (Å²) in [6.45, 7) is 3.53. The van der Waals surface area contributed by atoms with Crippen LogP contribution in [0.4, 0.5) is 0 Å². The summed E-state index contributed by atoms with van der Waals surface area (Å²) in [6.07, 6.45) is 5.72. The molecule has 38 nitrogen and oxygen atoms in total. The first kappa shape index (κ1) is 90.6. The number of nitrogens with one attached hydrogen (secondary N) is 12. The summed E-state index contributed by atoms with van der Waals surface area (Å²) in [5, 5.41) is 37.4. The van der Waals surface area contributed by atoms with Gasteiger partial charge in [-0.05, 0) is 151 Å². The molecule has 10 atom stereocenters. The zero-order valence-corrected chi connectivity index (χ0v) is 63.0. The highest BCUT2D eigenvalue weighted by Crippen LogP contribution is 2.22. The van der Waals surface area contributed by atoms with E-state index in [1.54, 1.807) is 81.0 Å². The van der Waals surface area contributed by atoms with Crippen molar-refractivity contribution in [2.75, 3.05) is 51.3 Å². The average Bonchev–Trinajstić information content (AvgIpc) is 1.41. The molecule has 4 rings (SSSR count). The summed E-state index contributed by atoms with van der Waals surface area (Å²) in [5.41, 5.74) is 59.4. The van der Waals surface area contributed by atoms with Crippen LogP contribution in [0.5, 0.6) is 0 Å². The molecule has 0 saturated carbocycles. The zero-order chi connectivity index (χ0) is 80.5. The molecule has 4 aromatic rings. The van der Waals surface area contributed by atoms with Crippen LogP contribution in [0.1, 0.15) is 128 Å². The fourth-order valence-electron chi connectivity index (χ4n) is 11.7. The second-order valence-electron chi connectivity index (χ2n) is 26.7. The average molecular weight is 1540 g/mol. The smallest absolute Gasteiger partial charge is 0.322 e. The molecule has 602 valence electrons. The van der Waals surface area contributed by atoms with Crippen molar-refractivity contribution in [1.82, 2.24) is 63.1 Å². The van der Waals surface area contributed by atoms with Gasteiger partial charge in [0.05, 0.1) is 6.04 Å². The van der Waals surface area contributed by atoms with Crippen molar-refractivity contribution >= 4 is 122 Å². The number of hydrogen-bond donors (Lipinski definition) is 23. The Morgan fingerprint density at radius 2 is 0.771 bits per heavy atom. The molecule has 39 heteroatoms. The number of aromatic amines is 2. The number of fused-ring (bicyclic) bond motifs is 2. The van der Waals surface area contributed by atoms with Gasteiger partial charge in [-0.2, -0.15) is 11.8 Å². The van der Waals surface area contributed by atoms with Crippen LogP contribution < -0.4 is 111 Å². The molecule has 0 unspecified atom stereocenters. The Morgan fingerprint density at radius 1 is 0.431 bits per heavy atom. The monoisotopic (exact) mass is 1540 g/mol. The molecule has 0 aliphatic heterocycles. The van der Waals surface area contributed by atoms with Crippen LogP contribution in [0.15, 0.2) is 75.9 Å². The van der Waals surface area contributed by atoms with Crippen LogP contribution in [-0.4, -0.2) is 216 Å². The Morgan fingerprint density at radius 3 is 1.14 bits per heavy atom. The minimum Gasteiger partial charge on any atom is -0.480 e. The maximum absolute atomic E-state index is 15.2. The lowest BCUT2D eigenvalue weighted by Gasteiger charge is -2.28. The van der Waals surface area contributed by atoms with E-state index in [2.05, 4.69) is 78.1 Å². The van der Waals surface area contributed by atoms with Gasteiger partial charge in [-0.1, -0.05) is 50.2 Å². The van der Waals surface area contributed by atoms with Gasteiger partial charge in [-0.25, -0.2) is 0 Å². The molecule has 0 spiro atoms. The second kappa shape index (κ2) is 48.5. The number of aromatic nitrogens is 2. The van der Waals surface area contributed by atoms with E-state index in [-0.39, 0.29) is 133 Å². The van der Waals surface area contributed by atoms with Crippen molar-refractivity contribution in [3.8, 4) is 0 Å². The van der Waals surface area contributed by atoms with Gasteiger partial charge in [0.15, 0.2) is 17.9 Å². The van der Waals surface area contributed by atoms with E-state index >= 15 is 19.2 Å². The Bertz CT molecular complexity index is 3740. The zero-order valence-electron chi connectivity index (χ0n) is 62.2. The number of carbonyl (C=O) groups excluding carboxylic acids is 11. The van der Waals surface area contributed by atoms with Crippen LogP contribution in [0.3, 0.4) is 0 Å². The summed E-state index contributed by atoms with van der Waals surface area (Å²) < 4.78 is 0. The minimum atomic E-state index is -1.67. The third kappa shape index (κ3) is 33.5. The molecule has 0 fully saturated rings. The minimum absolute atomic E-state index is 0.0139. The highest BCUT2D eigenvalue weighted by molar-refractivity contribution is 7.98. The van der Waals surface area contributed by atoms with E-state index in [0.717, 1.165) is 0 Å². The van der Waals surface area contributed by atoms with Crippen molar-refractivity contribution in [1.29, 1.82) is 0 Å². The van der Waals surface area contributed by atoms with E-state index in [1.165, 1.54) is 11.8 Å². The molecule has 0 bridgehead atoms. The number of benzene rings is 2. The third-order valence-corrected chi connectivity index (χ3v) is 18.0. The summed E-state index contributed by atoms with van der Waals surface area (Å²) in [7, 11) is 0. The number of para-hydroxylation sites is 2. The maximum atomic E-state index is 15.2. The Balaban J connectivity index is 1.75. The molecule has 0 aliphatic carbocycles. The summed E-state index contributed by atoms with van der Waals surface area (Å²) in [6, 6.07) is 0.298. The molecular formula is C70H113N25O13S. The summed E-state index contributed by atoms with van der Waals surface area (Å²) in [4.78, 5) is 187. The van der Waals surface area contributed by atoms with Gasteiger partial charge in [0.25, 0.3) is 0 Å². The number of H-pyrrole nitrogens is 2. The predicted octanol–water partition coefficient (Wildman–Crippen LogP) is -4.19. The predicted molar refractivity (Wildman–Crippen MR) is 416 cm³/mol.